The molecule has 0 spiro atoms. The molecule has 2 N–H and O–H groups in total. The number of ether oxygens (including phenoxy) is 1. The van der Waals surface area contributed by atoms with Crippen LogP contribution in [0.4, 0.5) is 4.39 Å². The van der Waals surface area contributed by atoms with Crippen LogP contribution in [0.2, 0.25) is 0 Å². The highest BCUT2D eigenvalue weighted by atomic mass is 79.9. The molecule has 2 nitrogen and oxygen atoms in total. The van der Waals surface area contributed by atoms with E-state index in [4.69, 9.17) is 10.5 Å². The second-order valence-corrected chi connectivity index (χ2v) is 4.85. The molecule has 2 aromatic rings. The molecule has 2 aromatic carbocycles. The van der Waals surface area contributed by atoms with Gasteiger partial charge in [0.1, 0.15) is 17.3 Å². The zero-order valence-electron chi connectivity index (χ0n) is 9.91. The highest BCUT2D eigenvalue weighted by Crippen LogP contribution is 2.28. The highest BCUT2D eigenvalue weighted by Gasteiger charge is 2.06. The molecule has 0 saturated heterocycles. The largest absolute Gasteiger partial charge is 0.457 e. The van der Waals surface area contributed by atoms with Crippen LogP contribution in [-0.4, -0.2) is 0 Å². The van der Waals surface area contributed by atoms with Crippen LogP contribution in [0, 0.1) is 12.7 Å². The summed E-state index contributed by atoms with van der Waals surface area (Å²) in [6, 6.07) is 10.4. The Morgan fingerprint density at radius 3 is 2.67 bits per heavy atom. The number of halogens is 2. The lowest BCUT2D eigenvalue weighted by Gasteiger charge is -2.11. The third kappa shape index (κ3) is 2.89. The smallest absolute Gasteiger partial charge is 0.141 e. The van der Waals surface area contributed by atoms with Gasteiger partial charge in [-0.05, 0) is 41.1 Å². The van der Waals surface area contributed by atoms with Gasteiger partial charge in [-0.15, -0.1) is 0 Å². The number of hydrogen-bond acceptors (Lipinski definition) is 2. The van der Waals surface area contributed by atoms with Crippen LogP contribution in [0.5, 0.6) is 11.5 Å². The van der Waals surface area contributed by atoms with E-state index in [1.165, 1.54) is 6.07 Å². The minimum atomic E-state index is -0.353. The van der Waals surface area contributed by atoms with Gasteiger partial charge < -0.3 is 10.5 Å². The van der Waals surface area contributed by atoms with Gasteiger partial charge in [0.25, 0.3) is 0 Å². The van der Waals surface area contributed by atoms with Crippen molar-refractivity contribution < 1.29 is 9.13 Å². The summed E-state index contributed by atoms with van der Waals surface area (Å²) < 4.78 is 19.4. The van der Waals surface area contributed by atoms with Crippen molar-refractivity contribution in [1.29, 1.82) is 0 Å². The molecule has 0 heterocycles. The molecule has 0 fully saturated rings. The number of hydrogen-bond donors (Lipinski definition) is 1. The van der Waals surface area contributed by atoms with Gasteiger partial charge in [0, 0.05) is 18.2 Å². The predicted molar refractivity (Wildman–Crippen MR) is 73.2 cm³/mol. The first-order chi connectivity index (χ1) is 8.60. The Bertz CT molecular complexity index is 572. The molecule has 18 heavy (non-hydrogen) atoms. The first-order valence-corrected chi connectivity index (χ1v) is 6.32. The highest BCUT2D eigenvalue weighted by molar-refractivity contribution is 9.10. The standard InChI is InChI=1S/C14H13BrFNO/c1-9-2-5-14(10(6-9)8-17)18-11-3-4-12(15)13(16)7-11/h2-7H,8,17H2,1H3. The lowest BCUT2D eigenvalue weighted by molar-refractivity contribution is 0.470. The lowest BCUT2D eigenvalue weighted by Crippen LogP contribution is -2.00. The monoisotopic (exact) mass is 309 g/mol. The van der Waals surface area contributed by atoms with Gasteiger partial charge in [0.2, 0.25) is 0 Å². The van der Waals surface area contributed by atoms with Crippen molar-refractivity contribution in [3.63, 3.8) is 0 Å². The van der Waals surface area contributed by atoms with Gasteiger partial charge >= 0.3 is 0 Å². The van der Waals surface area contributed by atoms with Crippen LogP contribution >= 0.6 is 15.9 Å². The molecule has 0 aromatic heterocycles. The molecule has 4 heteroatoms. The molecular formula is C14H13BrFNO. The topological polar surface area (TPSA) is 35.2 Å². The molecule has 0 aliphatic rings. The predicted octanol–water partition coefficient (Wildman–Crippen LogP) is 4.15. The Balaban J connectivity index is 2.30. The fourth-order valence-electron chi connectivity index (χ4n) is 1.63. The summed E-state index contributed by atoms with van der Waals surface area (Å²) in [6.45, 7) is 2.37. The van der Waals surface area contributed by atoms with Crippen molar-refractivity contribution in [2.45, 2.75) is 13.5 Å². The maximum absolute atomic E-state index is 13.4. The van der Waals surface area contributed by atoms with Gasteiger partial charge in [-0.25, -0.2) is 4.39 Å². The number of rotatable bonds is 3. The Morgan fingerprint density at radius 2 is 2.00 bits per heavy atom. The van der Waals surface area contributed by atoms with Crippen LogP contribution in [0.1, 0.15) is 11.1 Å². The minimum absolute atomic E-state index is 0.353. The zero-order chi connectivity index (χ0) is 13.1. The molecule has 0 amide bonds. The summed E-state index contributed by atoms with van der Waals surface area (Å²) in [5, 5.41) is 0. The van der Waals surface area contributed by atoms with E-state index in [-0.39, 0.29) is 5.82 Å². The first-order valence-electron chi connectivity index (χ1n) is 5.52. The molecule has 0 bridgehead atoms. The quantitative estimate of drug-likeness (QED) is 0.924. The molecule has 0 atom stereocenters. The number of benzene rings is 2. The molecule has 0 aliphatic heterocycles. The van der Waals surface area contributed by atoms with Crippen molar-refractivity contribution in [2.24, 2.45) is 5.73 Å². The Labute approximate surface area is 114 Å². The normalized spacial score (nSPS) is 10.4. The van der Waals surface area contributed by atoms with Gasteiger partial charge in [0.15, 0.2) is 0 Å². The molecule has 2 rings (SSSR count). The fourth-order valence-corrected chi connectivity index (χ4v) is 1.88. The molecule has 94 valence electrons. The van der Waals surface area contributed by atoms with Crippen LogP contribution in [-0.2, 0) is 6.54 Å². The van der Waals surface area contributed by atoms with Crippen LogP contribution in [0.25, 0.3) is 0 Å². The van der Waals surface area contributed by atoms with Gasteiger partial charge in [0.05, 0.1) is 4.47 Å². The summed E-state index contributed by atoms with van der Waals surface area (Å²) >= 11 is 3.10. The Hall–Kier alpha value is -1.39. The van der Waals surface area contributed by atoms with E-state index in [1.54, 1.807) is 12.1 Å². The van der Waals surface area contributed by atoms with Gasteiger partial charge in [-0.3, -0.25) is 0 Å². The average molecular weight is 310 g/mol. The average Bonchev–Trinajstić information content (AvgIpc) is 2.36. The minimum Gasteiger partial charge on any atom is -0.457 e. The van der Waals surface area contributed by atoms with Crippen molar-refractivity contribution in [2.75, 3.05) is 0 Å². The summed E-state index contributed by atoms with van der Waals surface area (Å²) in [7, 11) is 0. The lowest BCUT2D eigenvalue weighted by atomic mass is 10.1. The van der Waals surface area contributed by atoms with E-state index in [1.807, 2.05) is 25.1 Å². The Kier molecular flexibility index (Phi) is 3.99. The van der Waals surface area contributed by atoms with E-state index in [0.717, 1.165) is 11.1 Å². The number of aryl methyl sites for hydroxylation is 1. The fraction of sp³-hybridized carbons (Fsp3) is 0.143. The van der Waals surface area contributed by atoms with Crippen molar-refractivity contribution in [3.05, 3.63) is 57.8 Å². The van der Waals surface area contributed by atoms with Gasteiger partial charge in [-0.2, -0.15) is 0 Å². The third-order valence-corrected chi connectivity index (χ3v) is 3.20. The second-order valence-electron chi connectivity index (χ2n) is 3.99. The van der Waals surface area contributed by atoms with Crippen molar-refractivity contribution in [3.8, 4) is 11.5 Å². The summed E-state index contributed by atoms with van der Waals surface area (Å²) in [4.78, 5) is 0. The Morgan fingerprint density at radius 1 is 1.22 bits per heavy atom. The maximum Gasteiger partial charge on any atom is 0.141 e. The molecule has 0 saturated carbocycles. The zero-order valence-corrected chi connectivity index (χ0v) is 11.5. The third-order valence-electron chi connectivity index (χ3n) is 2.55. The maximum atomic E-state index is 13.4. The van der Waals surface area contributed by atoms with Crippen LogP contribution in [0.3, 0.4) is 0 Å². The molecule has 0 aliphatic carbocycles. The van der Waals surface area contributed by atoms with E-state index in [2.05, 4.69) is 15.9 Å². The van der Waals surface area contributed by atoms with E-state index < -0.39 is 0 Å². The number of nitrogens with two attached hydrogens (primary N) is 1. The SMILES string of the molecule is Cc1ccc(Oc2ccc(Br)c(F)c2)c(CN)c1. The summed E-state index contributed by atoms with van der Waals surface area (Å²) in [6.07, 6.45) is 0. The second kappa shape index (κ2) is 5.50. The van der Waals surface area contributed by atoms with E-state index in [9.17, 15) is 4.39 Å². The van der Waals surface area contributed by atoms with E-state index >= 15 is 0 Å². The summed E-state index contributed by atoms with van der Waals surface area (Å²) in [5.41, 5.74) is 7.68. The van der Waals surface area contributed by atoms with Gasteiger partial charge in [-0.1, -0.05) is 17.7 Å². The van der Waals surface area contributed by atoms with Crippen LogP contribution in [0.15, 0.2) is 40.9 Å². The van der Waals surface area contributed by atoms with Crippen molar-refractivity contribution in [1.82, 2.24) is 0 Å². The molecule has 0 unspecified atom stereocenters. The summed E-state index contributed by atoms with van der Waals surface area (Å²) in [5.74, 6) is 0.757. The first kappa shape index (κ1) is 13.1. The van der Waals surface area contributed by atoms with Crippen molar-refractivity contribution >= 4 is 15.9 Å². The van der Waals surface area contributed by atoms with Crippen LogP contribution < -0.4 is 10.5 Å². The molecular weight excluding hydrogens is 297 g/mol. The van der Waals surface area contributed by atoms with E-state index in [0.29, 0.717) is 22.5 Å². The molecule has 0 radical (unpaired) electrons.